The maximum Gasteiger partial charge on any atom is 0.0292 e. The van der Waals surface area contributed by atoms with Crippen molar-refractivity contribution in [2.24, 2.45) is 17.2 Å². The second-order valence-corrected chi connectivity index (χ2v) is 7.07. The summed E-state index contributed by atoms with van der Waals surface area (Å²) in [5, 5.41) is 3.32. The van der Waals surface area contributed by atoms with Crippen LogP contribution >= 0.6 is 0 Å². The molecule has 0 amide bonds. The highest BCUT2D eigenvalue weighted by Crippen LogP contribution is 2.26. The van der Waals surface area contributed by atoms with E-state index in [4.69, 9.17) is 17.2 Å². The van der Waals surface area contributed by atoms with Gasteiger partial charge < -0.3 is 22.5 Å². The van der Waals surface area contributed by atoms with Crippen LogP contribution < -0.4 is 22.5 Å². The fourth-order valence-corrected chi connectivity index (χ4v) is 3.30. The van der Waals surface area contributed by atoms with Crippen molar-refractivity contribution in [3.8, 4) is 0 Å². The fourth-order valence-electron chi connectivity index (χ4n) is 3.30. The molecule has 2 unspecified atom stereocenters. The number of rotatable bonds is 8. The lowest BCUT2D eigenvalue weighted by molar-refractivity contribution is 0.582. The highest BCUT2D eigenvalue weighted by Gasteiger charge is 2.20. The topological polar surface area (TPSA) is 90.1 Å². The van der Waals surface area contributed by atoms with Gasteiger partial charge in [-0.25, -0.2) is 0 Å². The maximum atomic E-state index is 6.16. The molecule has 0 aliphatic heterocycles. The summed E-state index contributed by atoms with van der Waals surface area (Å²) in [4.78, 5) is 0. The predicted molar refractivity (Wildman–Crippen MR) is 124 cm³/mol. The van der Waals surface area contributed by atoms with Crippen molar-refractivity contribution >= 4 is 0 Å². The average molecular weight is 391 g/mol. The Balaban J connectivity index is 0.000000221. The van der Waals surface area contributed by atoms with Gasteiger partial charge in [0.15, 0.2) is 0 Å². The Labute approximate surface area is 175 Å². The van der Waals surface area contributed by atoms with Gasteiger partial charge >= 0.3 is 0 Å². The molecule has 0 fully saturated rings. The molecule has 4 nitrogen and oxygen atoms in total. The third kappa shape index (κ3) is 7.44. The molecule has 2 atom stereocenters. The van der Waals surface area contributed by atoms with Crippen molar-refractivity contribution in [1.29, 1.82) is 0 Å². The van der Waals surface area contributed by atoms with E-state index in [1.807, 2.05) is 42.5 Å². The van der Waals surface area contributed by atoms with Gasteiger partial charge in [0.2, 0.25) is 0 Å². The van der Waals surface area contributed by atoms with Gasteiger partial charge in [0.05, 0.1) is 0 Å². The first-order chi connectivity index (χ1) is 14.2. The van der Waals surface area contributed by atoms with Crippen molar-refractivity contribution < 1.29 is 0 Å². The van der Waals surface area contributed by atoms with E-state index in [0.717, 1.165) is 6.54 Å². The minimum absolute atomic E-state index is 0.0557. The molecule has 0 heterocycles. The van der Waals surface area contributed by atoms with Crippen LogP contribution in [-0.2, 0) is 0 Å². The standard InChI is InChI=1S/C15H18N2.C10H16N2/c16-11-14(17)15(12-7-3-1-4-8-12)13-9-5-2-6-10-13;1-9(12-8-7-11)10-5-3-2-4-6-10/h1-10,14-15H,11,16-17H2;2-6,9,12H,7-8,11H2,1H3. The van der Waals surface area contributed by atoms with Crippen molar-refractivity contribution in [3.63, 3.8) is 0 Å². The highest BCUT2D eigenvalue weighted by atomic mass is 14.9. The minimum Gasteiger partial charge on any atom is -0.329 e. The van der Waals surface area contributed by atoms with E-state index in [1.165, 1.54) is 16.7 Å². The predicted octanol–water partition coefficient (Wildman–Crippen LogP) is 3.40. The van der Waals surface area contributed by atoms with Gasteiger partial charge in [-0.15, -0.1) is 0 Å². The zero-order chi connectivity index (χ0) is 20.9. The smallest absolute Gasteiger partial charge is 0.0292 e. The van der Waals surface area contributed by atoms with Crippen LogP contribution in [0.4, 0.5) is 0 Å². The van der Waals surface area contributed by atoms with Crippen LogP contribution in [0.1, 0.15) is 35.6 Å². The summed E-state index contributed by atoms with van der Waals surface area (Å²) >= 11 is 0. The van der Waals surface area contributed by atoms with E-state index in [1.54, 1.807) is 0 Å². The van der Waals surface area contributed by atoms with Crippen molar-refractivity contribution in [2.45, 2.75) is 24.9 Å². The zero-order valence-electron chi connectivity index (χ0n) is 17.2. The number of hydrogen-bond acceptors (Lipinski definition) is 4. The van der Waals surface area contributed by atoms with E-state index in [0.29, 0.717) is 19.1 Å². The molecule has 0 spiro atoms. The van der Waals surface area contributed by atoms with E-state index in [-0.39, 0.29) is 12.0 Å². The summed E-state index contributed by atoms with van der Waals surface area (Å²) in [6.07, 6.45) is 0. The minimum atomic E-state index is -0.0557. The molecule has 0 saturated heterocycles. The average Bonchev–Trinajstić information content (AvgIpc) is 2.80. The van der Waals surface area contributed by atoms with E-state index < -0.39 is 0 Å². The van der Waals surface area contributed by atoms with E-state index in [2.05, 4.69) is 60.8 Å². The van der Waals surface area contributed by atoms with Crippen LogP contribution in [0.2, 0.25) is 0 Å². The van der Waals surface area contributed by atoms with Crippen molar-refractivity contribution in [1.82, 2.24) is 5.32 Å². The molecule has 3 aromatic carbocycles. The molecule has 0 aromatic heterocycles. The Morgan fingerprint density at radius 2 is 1.10 bits per heavy atom. The molecule has 0 saturated carbocycles. The fraction of sp³-hybridized carbons (Fsp3) is 0.280. The largest absolute Gasteiger partial charge is 0.329 e. The quantitative estimate of drug-likeness (QED) is 0.474. The zero-order valence-corrected chi connectivity index (χ0v) is 17.2. The summed E-state index contributed by atoms with van der Waals surface area (Å²) in [6, 6.07) is 31.3. The Kier molecular flexibility index (Phi) is 10.1. The Morgan fingerprint density at radius 3 is 1.48 bits per heavy atom. The van der Waals surface area contributed by atoms with E-state index >= 15 is 0 Å². The number of nitrogens with one attached hydrogen (secondary N) is 1. The van der Waals surface area contributed by atoms with Gasteiger partial charge in [0.1, 0.15) is 0 Å². The Morgan fingerprint density at radius 1 is 0.690 bits per heavy atom. The second-order valence-electron chi connectivity index (χ2n) is 7.07. The molecule has 0 bridgehead atoms. The molecular formula is C25H34N4. The second kappa shape index (κ2) is 12.9. The molecule has 0 aliphatic carbocycles. The maximum absolute atomic E-state index is 6.16. The normalized spacial score (nSPS) is 12.7. The van der Waals surface area contributed by atoms with Crippen LogP contribution in [0.15, 0.2) is 91.0 Å². The van der Waals surface area contributed by atoms with Gasteiger partial charge in [-0.05, 0) is 23.6 Å². The van der Waals surface area contributed by atoms with Gasteiger partial charge in [-0.1, -0.05) is 91.0 Å². The highest BCUT2D eigenvalue weighted by molar-refractivity contribution is 5.34. The Bertz CT molecular complexity index is 738. The monoisotopic (exact) mass is 390 g/mol. The molecule has 29 heavy (non-hydrogen) atoms. The van der Waals surface area contributed by atoms with Crippen LogP contribution in [0, 0.1) is 0 Å². The van der Waals surface area contributed by atoms with Gasteiger partial charge in [-0.3, -0.25) is 0 Å². The summed E-state index contributed by atoms with van der Waals surface area (Å²) in [6.45, 7) is 4.19. The van der Waals surface area contributed by atoms with Crippen LogP contribution in [0.5, 0.6) is 0 Å². The van der Waals surface area contributed by atoms with Gasteiger partial charge in [-0.2, -0.15) is 0 Å². The summed E-state index contributed by atoms with van der Waals surface area (Å²) in [7, 11) is 0. The molecule has 3 rings (SSSR count). The molecule has 3 aromatic rings. The lowest BCUT2D eigenvalue weighted by Gasteiger charge is -2.23. The summed E-state index contributed by atoms with van der Waals surface area (Å²) in [5.74, 6) is 0.169. The first kappa shape index (κ1) is 22.8. The SMILES string of the molecule is CC(NCCN)c1ccccc1.NCC(N)C(c1ccccc1)c1ccccc1. The first-order valence-corrected chi connectivity index (χ1v) is 10.2. The third-order valence-electron chi connectivity index (χ3n) is 4.91. The third-order valence-corrected chi connectivity index (χ3v) is 4.91. The van der Waals surface area contributed by atoms with Crippen LogP contribution in [0.25, 0.3) is 0 Å². The molecule has 4 heteroatoms. The molecule has 0 aliphatic rings. The first-order valence-electron chi connectivity index (χ1n) is 10.2. The molecule has 154 valence electrons. The Hall–Kier alpha value is -2.50. The number of hydrogen-bond donors (Lipinski definition) is 4. The molecule has 0 radical (unpaired) electrons. The van der Waals surface area contributed by atoms with Crippen LogP contribution in [-0.4, -0.2) is 25.7 Å². The number of benzene rings is 3. The molecular weight excluding hydrogens is 356 g/mol. The number of nitrogens with two attached hydrogens (primary N) is 3. The van der Waals surface area contributed by atoms with Crippen molar-refractivity contribution in [2.75, 3.05) is 19.6 Å². The van der Waals surface area contributed by atoms with Crippen molar-refractivity contribution in [3.05, 3.63) is 108 Å². The van der Waals surface area contributed by atoms with Gasteiger partial charge in [0, 0.05) is 37.6 Å². The van der Waals surface area contributed by atoms with Gasteiger partial charge in [0.25, 0.3) is 0 Å². The van der Waals surface area contributed by atoms with E-state index in [9.17, 15) is 0 Å². The van der Waals surface area contributed by atoms with Crippen LogP contribution in [0.3, 0.4) is 0 Å². The summed E-state index contributed by atoms with van der Waals surface area (Å²) < 4.78 is 0. The lowest BCUT2D eigenvalue weighted by atomic mass is 9.85. The summed E-state index contributed by atoms with van der Waals surface area (Å²) in [5.41, 5.74) is 21.0. The lowest BCUT2D eigenvalue weighted by Crippen LogP contribution is -2.36. The molecule has 7 N–H and O–H groups in total.